The normalized spacial score (nSPS) is 24.2. The molecule has 1 saturated heterocycles. The van der Waals surface area contributed by atoms with E-state index in [1.54, 1.807) is 13.8 Å². The van der Waals surface area contributed by atoms with Crippen LogP contribution in [0, 0.1) is 0 Å². The lowest BCUT2D eigenvalue weighted by molar-refractivity contribution is -0.149. The van der Waals surface area contributed by atoms with Crippen molar-refractivity contribution in [2.24, 2.45) is 5.73 Å². The van der Waals surface area contributed by atoms with Gasteiger partial charge in [0, 0.05) is 19.1 Å². The van der Waals surface area contributed by atoms with Crippen molar-refractivity contribution in [2.75, 3.05) is 40.3 Å². The Bertz CT molecular complexity index is 294. The third-order valence-electron chi connectivity index (χ3n) is 3.95. The molecule has 1 rings (SSSR count). The predicted molar refractivity (Wildman–Crippen MR) is 77.0 cm³/mol. The number of nitrogens with zero attached hydrogens (tertiary/aromatic N) is 2. The molecule has 1 aliphatic rings. The minimum atomic E-state index is -0.884. The number of carbonyl (C=O) groups is 1. The van der Waals surface area contributed by atoms with Gasteiger partial charge in [0.05, 0.1) is 6.61 Å². The maximum Gasteiger partial charge on any atom is 0.325 e. The zero-order valence-corrected chi connectivity index (χ0v) is 12.8. The number of hydrogen-bond donors (Lipinski definition) is 1. The first-order valence-corrected chi connectivity index (χ1v) is 7.21. The molecule has 1 heterocycles. The molecule has 0 spiro atoms. The first kappa shape index (κ1) is 16.4. The van der Waals surface area contributed by atoms with Gasteiger partial charge in [-0.05, 0) is 53.8 Å². The summed E-state index contributed by atoms with van der Waals surface area (Å²) in [5, 5.41) is 0. The van der Waals surface area contributed by atoms with Crippen LogP contribution in [-0.2, 0) is 9.53 Å². The molecule has 2 N–H and O–H groups in total. The number of piperidine rings is 1. The summed E-state index contributed by atoms with van der Waals surface area (Å²) in [4.78, 5) is 16.4. The van der Waals surface area contributed by atoms with Crippen molar-refractivity contribution in [1.29, 1.82) is 0 Å². The smallest absolute Gasteiger partial charge is 0.325 e. The Balaban J connectivity index is 2.40. The van der Waals surface area contributed by atoms with E-state index in [9.17, 15) is 4.79 Å². The number of likely N-dealkylation sites (N-methyl/N-ethyl adjacent to an activating group) is 2. The van der Waals surface area contributed by atoms with Gasteiger partial charge in [-0.15, -0.1) is 0 Å². The number of ether oxygens (including phenoxy) is 1. The van der Waals surface area contributed by atoms with Crippen LogP contribution in [-0.4, -0.2) is 67.7 Å². The molecule has 2 atom stereocenters. The van der Waals surface area contributed by atoms with Crippen LogP contribution < -0.4 is 5.73 Å². The second-order valence-corrected chi connectivity index (χ2v) is 5.93. The highest BCUT2D eigenvalue weighted by molar-refractivity contribution is 5.79. The van der Waals surface area contributed by atoms with Crippen LogP contribution in [0.5, 0.6) is 0 Å². The van der Waals surface area contributed by atoms with Crippen molar-refractivity contribution >= 4 is 5.97 Å². The van der Waals surface area contributed by atoms with Gasteiger partial charge in [0.15, 0.2) is 0 Å². The van der Waals surface area contributed by atoms with Crippen molar-refractivity contribution in [1.82, 2.24) is 9.80 Å². The summed E-state index contributed by atoms with van der Waals surface area (Å²) >= 11 is 0. The van der Waals surface area contributed by atoms with Gasteiger partial charge < -0.3 is 20.3 Å². The Kier molecular flexibility index (Phi) is 6.23. The summed E-state index contributed by atoms with van der Waals surface area (Å²) < 4.78 is 5.01. The molecule has 5 nitrogen and oxygen atoms in total. The second kappa shape index (κ2) is 7.22. The highest BCUT2D eigenvalue weighted by atomic mass is 16.5. The van der Waals surface area contributed by atoms with Crippen molar-refractivity contribution in [3.8, 4) is 0 Å². The Morgan fingerprint density at radius 2 is 2.26 bits per heavy atom. The van der Waals surface area contributed by atoms with Gasteiger partial charge >= 0.3 is 5.97 Å². The van der Waals surface area contributed by atoms with Gasteiger partial charge in [-0.1, -0.05) is 0 Å². The molecule has 0 aromatic heterocycles. The van der Waals surface area contributed by atoms with Gasteiger partial charge in [0.2, 0.25) is 0 Å². The molecule has 0 amide bonds. The first-order chi connectivity index (χ1) is 8.86. The van der Waals surface area contributed by atoms with E-state index in [4.69, 9.17) is 10.5 Å². The molecule has 19 heavy (non-hydrogen) atoms. The van der Waals surface area contributed by atoms with Crippen LogP contribution >= 0.6 is 0 Å². The van der Waals surface area contributed by atoms with Crippen LogP contribution in [0.2, 0.25) is 0 Å². The molecular weight excluding hydrogens is 242 g/mol. The Hall–Kier alpha value is -0.650. The summed E-state index contributed by atoms with van der Waals surface area (Å²) in [5.41, 5.74) is 5.16. The van der Waals surface area contributed by atoms with E-state index in [1.165, 1.54) is 19.4 Å². The molecule has 112 valence electrons. The van der Waals surface area contributed by atoms with Crippen LogP contribution in [0.15, 0.2) is 0 Å². The monoisotopic (exact) mass is 271 g/mol. The van der Waals surface area contributed by atoms with Gasteiger partial charge in [-0.3, -0.25) is 4.79 Å². The molecule has 0 aromatic rings. The van der Waals surface area contributed by atoms with Crippen LogP contribution in [0.3, 0.4) is 0 Å². The van der Waals surface area contributed by atoms with Crippen molar-refractivity contribution in [2.45, 2.75) is 44.7 Å². The van der Waals surface area contributed by atoms with Crippen molar-refractivity contribution in [3.63, 3.8) is 0 Å². The fourth-order valence-corrected chi connectivity index (χ4v) is 2.49. The molecule has 0 radical (unpaired) electrons. The van der Waals surface area contributed by atoms with Gasteiger partial charge in [-0.25, -0.2) is 0 Å². The van der Waals surface area contributed by atoms with E-state index in [-0.39, 0.29) is 5.97 Å². The number of nitrogens with two attached hydrogens (primary N) is 1. The summed E-state index contributed by atoms with van der Waals surface area (Å²) in [6.45, 7) is 7.04. The summed E-state index contributed by atoms with van der Waals surface area (Å²) in [7, 11) is 4.27. The maximum atomic E-state index is 11.7. The van der Waals surface area contributed by atoms with Crippen LogP contribution in [0.25, 0.3) is 0 Å². The van der Waals surface area contributed by atoms with E-state index in [0.29, 0.717) is 19.1 Å². The van der Waals surface area contributed by atoms with E-state index < -0.39 is 5.54 Å². The zero-order valence-electron chi connectivity index (χ0n) is 12.8. The molecule has 0 bridgehead atoms. The lowest BCUT2D eigenvalue weighted by atomic mass is 9.98. The summed E-state index contributed by atoms with van der Waals surface area (Å²) in [5.74, 6) is -0.302. The highest BCUT2D eigenvalue weighted by Crippen LogP contribution is 2.16. The molecule has 1 aliphatic heterocycles. The molecule has 2 unspecified atom stereocenters. The van der Waals surface area contributed by atoms with Gasteiger partial charge in [-0.2, -0.15) is 0 Å². The lowest BCUT2D eigenvalue weighted by Gasteiger charge is -2.37. The minimum Gasteiger partial charge on any atom is -0.465 e. The van der Waals surface area contributed by atoms with E-state index in [1.807, 2.05) is 0 Å². The van der Waals surface area contributed by atoms with E-state index >= 15 is 0 Å². The zero-order chi connectivity index (χ0) is 14.5. The maximum absolute atomic E-state index is 11.7. The number of rotatable bonds is 6. The topological polar surface area (TPSA) is 58.8 Å². The summed E-state index contributed by atoms with van der Waals surface area (Å²) in [6, 6.07) is 0.566. The van der Waals surface area contributed by atoms with Crippen molar-refractivity contribution in [3.05, 3.63) is 0 Å². The molecule has 0 aliphatic carbocycles. The third kappa shape index (κ3) is 5.09. The number of hydrogen-bond acceptors (Lipinski definition) is 5. The fraction of sp³-hybridized carbons (Fsp3) is 0.929. The number of esters is 1. The average molecular weight is 271 g/mol. The Morgan fingerprint density at radius 1 is 1.58 bits per heavy atom. The fourth-order valence-electron chi connectivity index (χ4n) is 2.49. The number of carbonyl (C=O) groups excluding carboxylic acids is 1. The summed E-state index contributed by atoms with van der Waals surface area (Å²) in [6.07, 6.45) is 3.09. The standard InChI is InChI=1S/C14H29N3O2/c1-5-19-13(18)14(2,15)8-10-17(4)12-7-6-9-16(3)11-12/h12H,5-11,15H2,1-4H3. The quantitative estimate of drug-likeness (QED) is 0.720. The van der Waals surface area contributed by atoms with Gasteiger partial charge in [0.1, 0.15) is 5.54 Å². The lowest BCUT2D eigenvalue weighted by Crippen LogP contribution is -2.50. The van der Waals surface area contributed by atoms with Gasteiger partial charge in [0.25, 0.3) is 0 Å². The molecule has 0 aromatic carbocycles. The molecule has 1 fully saturated rings. The van der Waals surface area contributed by atoms with Crippen LogP contribution in [0.4, 0.5) is 0 Å². The SMILES string of the molecule is CCOC(=O)C(C)(N)CCN(C)C1CCCN(C)C1. The largest absolute Gasteiger partial charge is 0.465 e. The third-order valence-corrected chi connectivity index (χ3v) is 3.95. The highest BCUT2D eigenvalue weighted by Gasteiger charge is 2.31. The number of likely N-dealkylation sites (tertiary alicyclic amines) is 1. The molecular formula is C14H29N3O2. The average Bonchev–Trinajstić information content (AvgIpc) is 2.36. The van der Waals surface area contributed by atoms with E-state index in [2.05, 4.69) is 23.9 Å². The van der Waals surface area contributed by atoms with Crippen molar-refractivity contribution < 1.29 is 9.53 Å². The predicted octanol–water partition coefficient (Wildman–Crippen LogP) is 0.683. The first-order valence-electron chi connectivity index (χ1n) is 7.21. The second-order valence-electron chi connectivity index (χ2n) is 5.93. The van der Waals surface area contributed by atoms with E-state index in [0.717, 1.165) is 13.1 Å². The Morgan fingerprint density at radius 3 is 2.84 bits per heavy atom. The molecule has 5 heteroatoms. The van der Waals surface area contributed by atoms with Crippen LogP contribution in [0.1, 0.15) is 33.1 Å². The molecule has 0 saturated carbocycles. The Labute approximate surface area is 117 Å². The minimum absolute atomic E-state index is 0.302.